The van der Waals surface area contributed by atoms with Crippen LogP contribution in [0, 0.1) is 0 Å². The Balaban J connectivity index is 3.30. The third-order valence-corrected chi connectivity index (χ3v) is 3.02. The second-order valence-corrected chi connectivity index (χ2v) is 4.88. The Morgan fingerprint density at radius 3 is 2.26 bits per heavy atom. The van der Waals surface area contributed by atoms with E-state index in [1.165, 1.54) is 30.0 Å². The summed E-state index contributed by atoms with van der Waals surface area (Å²) in [5.74, 6) is -1.62. The number of nitrogens with zero attached hydrogens (tertiary/aromatic N) is 1. The fourth-order valence-corrected chi connectivity index (χ4v) is 2.15. The predicted octanol–water partition coefficient (Wildman–Crippen LogP) is 2.43. The number of phenolic OH excluding ortho intramolecular Hbond substituents is 1. The number of halogens is 1. The molecule has 0 aromatic heterocycles. The zero-order valence-electron chi connectivity index (χ0n) is 10.9. The molecule has 0 aliphatic carbocycles. The van der Waals surface area contributed by atoms with Crippen molar-refractivity contribution < 1.29 is 19.8 Å². The first-order valence-electron chi connectivity index (χ1n) is 5.75. The Labute approximate surface area is 116 Å². The zero-order valence-corrected chi connectivity index (χ0v) is 11.7. The largest absolute Gasteiger partial charge is 0.506 e. The van der Waals surface area contributed by atoms with Crippen LogP contribution in [0.15, 0.2) is 18.2 Å². The second kappa shape index (κ2) is 5.93. The summed E-state index contributed by atoms with van der Waals surface area (Å²) >= 11 is 5.78. The van der Waals surface area contributed by atoms with Gasteiger partial charge in [-0.2, -0.15) is 0 Å². The number of aromatic hydroxyl groups is 1. The normalized spacial score (nSPS) is 12.3. The van der Waals surface area contributed by atoms with E-state index in [0.717, 1.165) is 0 Å². The number of carboxylic acids is 1. The van der Waals surface area contributed by atoms with Crippen LogP contribution in [0.2, 0.25) is 5.02 Å². The third-order valence-electron chi connectivity index (χ3n) is 2.72. The molecule has 1 aromatic rings. The minimum Gasteiger partial charge on any atom is -0.506 e. The van der Waals surface area contributed by atoms with Crippen molar-refractivity contribution >= 4 is 23.5 Å². The van der Waals surface area contributed by atoms with E-state index in [2.05, 4.69) is 0 Å². The number of hydrogen-bond donors (Lipinski definition) is 2. The van der Waals surface area contributed by atoms with Crippen molar-refractivity contribution in [3.63, 3.8) is 0 Å². The predicted molar refractivity (Wildman–Crippen MR) is 71.1 cm³/mol. The second-order valence-electron chi connectivity index (χ2n) is 4.47. The first-order valence-corrected chi connectivity index (χ1v) is 6.13. The standard InChI is InChI=1S/C13H16ClNO4/c1-7(2)15(8(3)16)12(13(18)19)9-4-5-11(17)10(14)6-9/h4-7,12,17H,1-3H3,(H,18,19). The minimum atomic E-state index is -1.15. The molecular formula is C13H16ClNO4. The summed E-state index contributed by atoms with van der Waals surface area (Å²) in [6.45, 7) is 4.79. The van der Waals surface area contributed by atoms with Crippen molar-refractivity contribution in [3.05, 3.63) is 28.8 Å². The van der Waals surface area contributed by atoms with Gasteiger partial charge in [-0.3, -0.25) is 4.79 Å². The number of carboxylic acid groups (broad SMARTS) is 1. The fraction of sp³-hybridized carbons (Fsp3) is 0.385. The number of aliphatic carboxylic acids is 1. The van der Waals surface area contributed by atoms with Gasteiger partial charge in [-0.1, -0.05) is 17.7 Å². The molecule has 104 valence electrons. The van der Waals surface area contributed by atoms with Gasteiger partial charge in [0.25, 0.3) is 0 Å². The summed E-state index contributed by atoms with van der Waals surface area (Å²) in [4.78, 5) is 24.3. The molecule has 1 atom stereocenters. The average molecular weight is 286 g/mol. The smallest absolute Gasteiger partial charge is 0.331 e. The lowest BCUT2D eigenvalue weighted by Gasteiger charge is -2.31. The van der Waals surface area contributed by atoms with E-state index < -0.39 is 12.0 Å². The fourth-order valence-electron chi connectivity index (χ4n) is 1.96. The van der Waals surface area contributed by atoms with Gasteiger partial charge in [0.15, 0.2) is 6.04 Å². The molecule has 1 unspecified atom stereocenters. The number of benzene rings is 1. The molecule has 0 aliphatic heterocycles. The van der Waals surface area contributed by atoms with Gasteiger partial charge in [-0.15, -0.1) is 0 Å². The Bertz CT molecular complexity index is 501. The van der Waals surface area contributed by atoms with E-state index in [-0.39, 0.29) is 22.7 Å². The summed E-state index contributed by atoms with van der Waals surface area (Å²) in [6, 6.07) is 2.71. The van der Waals surface area contributed by atoms with Crippen molar-refractivity contribution in [3.8, 4) is 5.75 Å². The van der Waals surface area contributed by atoms with Crippen LogP contribution in [0.5, 0.6) is 5.75 Å². The first-order chi connectivity index (χ1) is 8.75. The number of carbonyl (C=O) groups is 2. The quantitative estimate of drug-likeness (QED) is 0.890. The average Bonchev–Trinajstić information content (AvgIpc) is 2.28. The highest BCUT2D eigenvalue weighted by Gasteiger charge is 2.31. The van der Waals surface area contributed by atoms with E-state index >= 15 is 0 Å². The maximum absolute atomic E-state index is 11.6. The molecule has 0 heterocycles. The third kappa shape index (κ3) is 3.38. The monoisotopic (exact) mass is 285 g/mol. The lowest BCUT2D eigenvalue weighted by Crippen LogP contribution is -2.42. The van der Waals surface area contributed by atoms with Crippen molar-refractivity contribution in [1.82, 2.24) is 4.90 Å². The number of carbonyl (C=O) groups excluding carboxylic acids is 1. The molecule has 0 fully saturated rings. The Morgan fingerprint density at radius 1 is 1.32 bits per heavy atom. The highest BCUT2D eigenvalue weighted by molar-refractivity contribution is 6.32. The van der Waals surface area contributed by atoms with Crippen LogP contribution >= 0.6 is 11.6 Å². The molecule has 0 radical (unpaired) electrons. The van der Waals surface area contributed by atoms with E-state index in [1.807, 2.05) is 0 Å². The highest BCUT2D eigenvalue weighted by atomic mass is 35.5. The van der Waals surface area contributed by atoms with Crippen LogP contribution in [-0.4, -0.2) is 33.0 Å². The van der Waals surface area contributed by atoms with E-state index in [1.54, 1.807) is 13.8 Å². The molecule has 19 heavy (non-hydrogen) atoms. The van der Waals surface area contributed by atoms with Crippen molar-refractivity contribution in [1.29, 1.82) is 0 Å². The molecule has 0 spiro atoms. The van der Waals surface area contributed by atoms with E-state index in [0.29, 0.717) is 5.56 Å². The summed E-state index contributed by atoms with van der Waals surface area (Å²) in [5, 5.41) is 18.8. The molecule has 1 rings (SSSR count). The molecule has 1 aromatic carbocycles. The van der Waals surface area contributed by atoms with Gasteiger partial charge in [-0.05, 0) is 31.5 Å². The van der Waals surface area contributed by atoms with Gasteiger partial charge in [0.1, 0.15) is 5.75 Å². The molecule has 6 heteroatoms. The molecule has 1 amide bonds. The molecule has 0 aliphatic rings. The van der Waals surface area contributed by atoms with Crippen molar-refractivity contribution in [2.24, 2.45) is 0 Å². The van der Waals surface area contributed by atoms with E-state index in [9.17, 15) is 19.8 Å². The summed E-state index contributed by atoms with van der Waals surface area (Å²) < 4.78 is 0. The maximum atomic E-state index is 11.6. The Kier molecular flexibility index (Phi) is 4.78. The Morgan fingerprint density at radius 2 is 1.89 bits per heavy atom. The molecule has 5 nitrogen and oxygen atoms in total. The number of hydrogen-bond acceptors (Lipinski definition) is 3. The highest BCUT2D eigenvalue weighted by Crippen LogP contribution is 2.30. The lowest BCUT2D eigenvalue weighted by molar-refractivity contribution is -0.151. The van der Waals surface area contributed by atoms with E-state index in [4.69, 9.17) is 11.6 Å². The molecule has 2 N–H and O–H groups in total. The topological polar surface area (TPSA) is 77.8 Å². The van der Waals surface area contributed by atoms with Crippen LogP contribution in [0.25, 0.3) is 0 Å². The van der Waals surface area contributed by atoms with Crippen LogP contribution in [0.4, 0.5) is 0 Å². The maximum Gasteiger partial charge on any atom is 0.331 e. The minimum absolute atomic E-state index is 0.0519. The van der Waals surface area contributed by atoms with Gasteiger partial charge < -0.3 is 15.1 Å². The summed E-state index contributed by atoms with van der Waals surface area (Å²) in [5.41, 5.74) is 0.346. The molecule has 0 saturated heterocycles. The van der Waals surface area contributed by atoms with Gasteiger partial charge >= 0.3 is 5.97 Å². The van der Waals surface area contributed by atoms with Crippen LogP contribution in [0.1, 0.15) is 32.4 Å². The van der Waals surface area contributed by atoms with Gasteiger partial charge in [0.05, 0.1) is 5.02 Å². The lowest BCUT2D eigenvalue weighted by atomic mass is 10.0. The molecule has 0 saturated carbocycles. The number of amides is 1. The number of phenols is 1. The van der Waals surface area contributed by atoms with Gasteiger partial charge in [0, 0.05) is 13.0 Å². The zero-order chi connectivity index (χ0) is 14.7. The summed E-state index contributed by atoms with van der Waals surface area (Å²) in [7, 11) is 0. The van der Waals surface area contributed by atoms with Crippen molar-refractivity contribution in [2.45, 2.75) is 32.9 Å². The Hall–Kier alpha value is -1.75. The van der Waals surface area contributed by atoms with Gasteiger partial charge in [-0.25, -0.2) is 4.79 Å². The van der Waals surface area contributed by atoms with Crippen LogP contribution in [-0.2, 0) is 9.59 Å². The summed E-state index contributed by atoms with van der Waals surface area (Å²) in [6.07, 6.45) is 0. The molecule has 0 bridgehead atoms. The van der Waals surface area contributed by atoms with Crippen LogP contribution < -0.4 is 0 Å². The number of rotatable bonds is 4. The van der Waals surface area contributed by atoms with Gasteiger partial charge in [0.2, 0.25) is 5.91 Å². The molecular weight excluding hydrogens is 270 g/mol. The first kappa shape index (κ1) is 15.3. The van der Waals surface area contributed by atoms with Crippen molar-refractivity contribution in [2.75, 3.05) is 0 Å². The van der Waals surface area contributed by atoms with Crippen LogP contribution in [0.3, 0.4) is 0 Å². The SMILES string of the molecule is CC(=O)N(C(C)C)C(C(=O)O)c1ccc(O)c(Cl)c1.